The predicted octanol–water partition coefficient (Wildman–Crippen LogP) is 3.52. The average molecular weight is 541 g/mol. The van der Waals surface area contributed by atoms with E-state index in [0.717, 1.165) is 6.07 Å². The molecule has 2 N–H and O–H groups in total. The zero-order valence-corrected chi connectivity index (χ0v) is 21.1. The molecule has 38 heavy (non-hydrogen) atoms. The van der Waals surface area contributed by atoms with E-state index in [1.807, 2.05) is 11.0 Å². The lowest BCUT2D eigenvalue weighted by atomic mass is 10.0. The molecular formula is C26H23F3N6O2S. The summed E-state index contributed by atoms with van der Waals surface area (Å²) in [6.45, 7) is 3.30. The highest BCUT2D eigenvalue weighted by molar-refractivity contribution is 8.18. The summed E-state index contributed by atoms with van der Waals surface area (Å²) in [4.78, 5) is 19.1. The number of halogens is 3. The third kappa shape index (κ3) is 5.18. The summed E-state index contributed by atoms with van der Waals surface area (Å²) in [5.41, 5.74) is 1.05. The van der Waals surface area contributed by atoms with Crippen molar-refractivity contribution >= 4 is 39.8 Å². The number of hydrogen-bond donors (Lipinski definition) is 2. The topological polar surface area (TPSA) is 107 Å². The largest absolute Gasteiger partial charge is 0.416 e. The minimum Gasteiger partial charge on any atom is -0.395 e. The van der Waals surface area contributed by atoms with Crippen LogP contribution in [0.5, 0.6) is 0 Å². The van der Waals surface area contributed by atoms with E-state index < -0.39 is 11.7 Å². The number of piperazine rings is 1. The Morgan fingerprint density at radius 3 is 2.84 bits per heavy atom. The van der Waals surface area contributed by atoms with Gasteiger partial charge in [0.05, 0.1) is 29.1 Å². The maximum absolute atomic E-state index is 13.6. The van der Waals surface area contributed by atoms with Gasteiger partial charge in [0.1, 0.15) is 6.07 Å². The summed E-state index contributed by atoms with van der Waals surface area (Å²) in [5, 5.41) is 27.6. The van der Waals surface area contributed by atoms with Crippen LogP contribution < -0.4 is 5.32 Å². The minimum absolute atomic E-state index is 0.0125. The van der Waals surface area contributed by atoms with Crippen molar-refractivity contribution in [3.63, 3.8) is 0 Å². The SMILES string of the molecule is Cc1ccc(Cn2nc(C#N)c3cc(/C=C4\SC(N5CCN[C@H](CO)C5)=NC4=O)ccc32)c(C(F)(F)F)c1. The standard InChI is InChI=1S/C26H23F3N6O2S/c1-15-2-4-17(20(8-15)26(27,28)29)12-35-22-5-3-16(9-19(22)21(11-30)33-35)10-23-24(37)32-25(38-23)34-7-6-31-18(13-34)14-36/h2-5,8-10,18,31,36H,6-7,12-14H2,1H3/b23-10-/t18-/m0/s1. The van der Waals surface area contributed by atoms with Gasteiger partial charge in [0.15, 0.2) is 10.9 Å². The van der Waals surface area contributed by atoms with E-state index in [-0.39, 0.29) is 36.4 Å². The van der Waals surface area contributed by atoms with Gasteiger partial charge >= 0.3 is 6.18 Å². The third-order valence-electron chi connectivity index (χ3n) is 6.42. The first-order chi connectivity index (χ1) is 18.2. The number of aliphatic hydroxyl groups is 1. The quantitative estimate of drug-likeness (QED) is 0.488. The number of aromatic nitrogens is 2. The summed E-state index contributed by atoms with van der Waals surface area (Å²) in [6.07, 6.45) is -2.84. The van der Waals surface area contributed by atoms with Gasteiger partial charge in [0.25, 0.3) is 5.91 Å². The molecule has 196 valence electrons. The van der Waals surface area contributed by atoms with Gasteiger partial charge in [0, 0.05) is 31.1 Å². The molecule has 0 radical (unpaired) electrons. The molecule has 3 heterocycles. The van der Waals surface area contributed by atoms with Gasteiger partial charge in [-0.3, -0.25) is 9.48 Å². The predicted molar refractivity (Wildman–Crippen MR) is 138 cm³/mol. The van der Waals surface area contributed by atoms with E-state index in [4.69, 9.17) is 0 Å². The Bertz CT molecular complexity index is 1520. The molecule has 1 aromatic heterocycles. The summed E-state index contributed by atoms with van der Waals surface area (Å²) in [5.74, 6) is -0.376. The number of nitrogens with zero attached hydrogens (tertiary/aromatic N) is 5. The zero-order chi connectivity index (χ0) is 27.0. The van der Waals surface area contributed by atoms with E-state index in [0.29, 0.717) is 51.7 Å². The molecule has 0 saturated carbocycles. The van der Waals surface area contributed by atoms with Gasteiger partial charge in [-0.25, -0.2) is 0 Å². The second kappa shape index (κ2) is 10.2. The first kappa shape index (κ1) is 26.0. The Morgan fingerprint density at radius 1 is 1.29 bits per heavy atom. The van der Waals surface area contributed by atoms with Gasteiger partial charge < -0.3 is 15.3 Å². The van der Waals surface area contributed by atoms with Crippen LogP contribution in [0.1, 0.15) is 27.9 Å². The van der Waals surface area contributed by atoms with Crippen LogP contribution in [0.3, 0.4) is 0 Å². The summed E-state index contributed by atoms with van der Waals surface area (Å²) in [6, 6.07) is 11.2. The van der Waals surface area contributed by atoms with Crippen molar-refractivity contribution in [3.05, 3.63) is 69.3 Å². The molecule has 8 nitrogen and oxygen atoms in total. The van der Waals surface area contributed by atoms with E-state index in [1.165, 1.54) is 22.5 Å². The van der Waals surface area contributed by atoms with E-state index in [2.05, 4.69) is 15.4 Å². The number of nitriles is 1. The zero-order valence-electron chi connectivity index (χ0n) is 20.3. The molecule has 1 atom stereocenters. The lowest BCUT2D eigenvalue weighted by Gasteiger charge is -2.33. The lowest BCUT2D eigenvalue weighted by molar-refractivity contribution is -0.138. The number of benzene rings is 2. The molecule has 1 fully saturated rings. The number of aliphatic hydroxyl groups excluding tert-OH is 1. The fraction of sp³-hybridized carbons (Fsp3) is 0.308. The molecule has 5 rings (SSSR count). The first-order valence-corrected chi connectivity index (χ1v) is 12.7. The van der Waals surface area contributed by atoms with Crippen LogP contribution in [-0.4, -0.2) is 63.1 Å². The van der Waals surface area contributed by atoms with Crippen LogP contribution in [0.15, 0.2) is 46.3 Å². The number of nitrogens with one attached hydrogen (secondary N) is 1. The van der Waals surface area contributed by atoms with Crippen molar-refractivity contribution in [2.24, 2.45) is 4.99 Å². The van der Waals surface area contributed by atoms with E-state index in [1.54, 1.807) is 37.3 Å². The fourth-order valence-corrected chi connectivity index (χ4v) is 5.50. The van der Waals surface area contributed by atoms with E-state index in [9.17, 15) is 28.3 Å². The number of carbonyl (C=O) groups is 1. The third-order valence-corrected chi connectivity index (χ3v) is 7.47. The van der Waals surface area contributed by atoms with Crippen molar-refractivity contribution < 1.29 is 23.1 Å². The highest BCUT2D eigenvalue weighted by Gasteiger charge is 2.34. The van der Waals surface area contributed by atoms with Crippen molar-refractivity contribution in [3.8, 4) is 6.07 Å². The Labute approximate surface area is 220 Å². The second-order valence-corrected chi connectivity index (χ2v) is 10.2. The number of amidine groups is 1. The summed E-state index contributed by atoms with van der Waals surface area (Å²) >= 11 is 1.25. The minimum atomic E-state index is -4.52. The fourth-order valence-electron chi connectivity index (χ4n) is 4.55. The Kier molecular flexibility index (Phi) is 7.00. The Balaban J connectivity index is 1.42. The number of rotatable bonds is 4. The number of carbonyl (C=O) groups excluding carboxylic acids is 1. The lowest BCUT2D eigenvalue weighted by Crippen LogP contribution is -2.53. The second-order valence-electron chi connectivity index (χ2n) is 9.14. The van der Waals surface area contributed by atoms with Gasteiger partial charge in [-0.15, -0.1) is 0 Å². The van der Waals surface area contributed by atoms with Crippen LogP contribution >= 0.6 is 11.8 Å². The molecule has 0 unspecified atom stereocenters. The number of alkyl halides is 3. The number of aryl methyl sites for hydroxylation is 1. The van der Waals surface area contributed by atoms with Crippen LogP contribution in [0.2, 0.25) is 0 Å². The smallest absolute Gasteiger partial charge is 0.395 e. The van der Waals surface area contributed by atoms with Gasteiger partial charge in [0.2, 0.25) is 0 Å². The maximum Gasteiger partial charge on any atom is 0.416 e. The van der Waals surface area contributed by atoms with Crippen molar-refractivity contribution in [1.82, 2.24) is 20.0 Å². The van der Waals surface area contributed by atoms with Crippen molar-refractivity contribution in [2.75, 3.05) is 26.2 Å². The summed E-state index contributed by atoms with van der Waals surface area (Å²) in [7, 11) is 0. The van der Waals surface area contributed by atoms with Gasteiger partial charge in [-0.1, -0.05) is 23.8 Å². The van der Waals surface area contributed by atoms with Gasteiger partial charge in [-0.05, 0) is 54.1 Å². The van der Waals surface area contributed by atoms with Crippen LogP contribution in [0.4, 0.5) is 13.2 Å². The molecule has 1 saturated heterocycles. The summed E-state index contributed by atoms with van der Waals surface area (Å²) < 4.78 is 42.3. The highest BCUT2D eigenvalue weighted by atomic mass is 32.2. The van der Waals surface area contributed by atoms with Gasteiger partial charge in [-0.2, -0.15) is 28.5 Å². The van der Waals surface area contributed by atoms with Crippen LogP contribution in [-0.2, 0) is 17.5 Å². The van der Waals surface area contributed by atoms with Crippen LogP contribution in [0.25, 0.3) is 17.0 Å². The first-order valence-electron chi connectivity index (χ1n) is 11.9. The molecule has 0 spiro atoms. The Hall–Kier alpha value is -3.66. The molecule has 12 heteroatoms. The molecule has 0 bridgehead atoms. The molecule has 3 aromatic rings. The number of thioether (sulfide) groups is 1. The van der Waals surface area contributed by atoms with Crippen LogP contribution in [0, 0.1) is 18.3 Å². The number of aliphatic imine (C=N–C) groups is 1. The molecule has 2 aromatic carbocycles. The number of fused-ring (bicyclic) bond motifs is 1. The maximum atomic E-state index is 13.6. The van der Waals surface area contributed by atoms with Crippen molar-refractivity contribution in [1.29, 1.82) is 5.26 Å². The number of amides is 1. The average Bonchev–Trinajstić information content (AvgIpc) is 3.44. The molecular weight excluding hydrogens is 517 g/mol. The monoisotopic (exact) mass is 540 g/mol. The molecule has 0 aliphatic carbocycles. The van der Waals surface area contributed by atoms with Crippen molar-refractivity contribution in [2.45, 2.75) is 25.7 Å². The molecule has 1 amide bonds. The Morgan fingerprint density at radius 2 is 2.11 bits per heavy atom. The molecule has 2 aliphatic rings. The number of hydrogen-bond acceptors (Lipinski definition) is 7. The molecule has 2 aliphatic heterocycles. The normalized spacial score (nSPS) is 19.3. The highest BCUT2D eigenvalue weighted by Crippen LogP contribution is 2.34. The van der Waals surface area contributed by atoms with E-state index >= 15 is 0 Å².